The van der Waals surface area contributed by atoms with Crippen LogP contribution in [0.25, 0.3) is 0 Å². The monoisotopic (exact) mass is 353 g/mol. The Hall–Kier alpha value is -2.62. The summed E-state index contributed by atoms with van der Waals surface area (Å²) in [5, 5.41) is 2.92. The second kappa shape index (κ2) is 9.18. The summed E-state index contributed by atoms with van der Waals surface area (Å²) in [6.45, 7) is 6.29. The average molecular weight is 353 g/mol. The highest BCUT2D eigenvalue weighted by molar-refractivity contribution is 5.97. The number of ether oxygens (including phenoxy) is 1. The Bertz CT molecular complexity index is 738. The highest BCUT2D eigenvalue weighted by Gasteiger charge is 2.28. The maximum absolute atomic E-state index is 12.7. The minimum absolute atomic E-state index is 0.0853. The molecular weight excluding hydrogens is 326 g/mol. The summed E-state index contributed by atoms with van der Waals surface area (Å²) >= 11 is 0. The number of rotatable bonds is 8. The van der Waals surface area contributed by atoms with E-state index in [4.69, 9.17) is 4.74 Å². The number of benzene rings is 2. The number of carbonyl (C=O) groups excluding carboxylic acids is 2. The second-order valence-corrected chi connectivity index (χ2v) is 7.07. The van der Waals surface area contributed by atoms with Gasteiger partial charge >= 0.3 is 5.97 Å². The van der Waals surface area contributed by atoms with E-state index in [-0.39, 0.29) is 11.9 Å². The van der Waals surface area contributed by atoms with Crippen LogP contribution in [0.3, 0.4) is 0 Å². The normalized spacial score (nSPS) is 11.0. The van der Waals surface area contributed by atoms with Gasteiger partial charge in [-0.3, -0.25) is 4.79 Å². The van der Waals surface area contributed by atoms with Crippen LogP contribution in [-0.4, -0.2) is 18.5 Å². The maximum Gasteiger partial charge on any atom is 0.338 e. The topological polar surface area (TPSA) is 55.4 Å². The Morgan fingerprint density at radius 2 is 1.77 bits per heavy atom. The fourth-order valence-corrected chi connectivity index (χ4v) is 2.60. The zero-order valence-electron chi connectivity index (χ0n) is 15.7. The molecule has 4 nitrogen and oxygen atoms in total. The Morgan fingerprint density at radius 3 is 2.46 bits per heavy atom. The molecule has 0 saturated heterocycles. The van der Waals surface area contributed by atoms with Crippen molar-refractivity contribution in [1.82, 2.24) is 0 Å². The zero-order chi connectivity index (χ0) is 19.0. The number of nitrogens with one attached hydrogen (secondary N) is 1. The Kier molecular flexibility index (Phi) is 6.96. The molecule has 0 aliphatic heterocycles. The smallest absolute Gasteiger partial charge is 0.338 e. The van der Waals surface area contributed by atoms with Crippen LogP contribution >= 0.6 is 0 Å². The van der Waals surface area contributed by atoms with Gasteiger partial charge in [-0.2, -0.15) is 0 Å². The summed E-state index contributed by atoms with van der Waals surface area (Å²) < 4.78 is 5.22. The molecule has 0 fully saturated rings. The molecule has 0 bridgehead atoms. The highest BCUT2D eigenvalue weighted by Crippen LogP contribution is 2.24. The summed E-state index contributed by atoms with van der Waals surface area (Å²) in [6, 6.07) is 16.8. The van der Waals surface area contributed by atoms with E-state index in [0.29, 0.717) is 24.3 Å². The molecule has 0 spiro atoms. The predicted molar refractivity (Wildman–Crippen MR) is 104 cm³/mol. The van der Waals surface area contributed by atoms with Gasteiger partial charge in [0.05, 0.1) is 12.2 Å². The molecule has 0 aliphatic carbocycles. The molecule has 0 atom stereocenters. The van der Waals surface area contributed by atoms with Crippen LogP contribution in [0.4, 0.5) is 5.69 Å². The lowest BCUT2D eigenvalue weighted by Crippen LogP contribution is -2.32. The molecule has 0 heterocycles. The van der Waals surface area contributed by atoms with E-state index < -0.39 is 5.41 Å². The van der Waals surface area contributed by atoms with Crippen molar-refractivity contribution >= 4 is 17.6 Å². The van der Waals surface area contributed by atoms with E-state index in [1.807, 2.05) is 51.1 Å². The minimum atomic E-state index is -0.570. The fourth-order valence-electron chi connectivity index (χ4n) is 2.60. The van der Waals surface area contributed by atoms with E-state index >= 15 is 0 Å². The Morgan fingerprint density at radius 1 is 1.04 bits per heavy atom. The van der Waals surface area contributed by atoms with Gasteiger partial charge in [0, 0.05) is 11.1 Å². The number of unbranched alkanes of at least 4 members (excludes halogenated alkanes) is 1. The fraction of sp³-hybridized carbons (Fsp3) is 0.364. The molecule has 0 aliphatic rings. The third-order valence-electron chi connectivity index (χ3n) is 4.19. The van der Waals surface area contributed by atoms with Gasteiger partial charge < -0.3 is 10.1 Å². The molecule has 2 rings (SSSR count). The number of amides is 1. The van der Waals surface area contributed by atoms with E-state index in [2.05, 4.69) is 5.32 Å². The van der Waals surface area contributed by atoms with Crippen LogP contribution in [0, 0.1) is 5.41 Å². The number of hydrogen-bond donors (Lipinski definition) is 1. The van der Waals surface area contributed by atoms with Crippen molar-refractivity contribution in [3.05, 3.63) is 65.7 Å². The largest absolute Gasteiger partial charge is 0.462 e. The Balaban J connectivity index is 2.02. The average Bonchev–Trinajstić information content (AvgIpc) is 2.62. The van der Waals surface area contributed by atoms with Crippen molar-refractivity contribution in [3.8, 4) is 0 Å². The lowest BCUT2D eigenvalue weighted by molar-refractivity contribution is -0.123. The molecule has 0 unspecified atom stereocenters. The van der Waals surface area contributed by atoms with Gasteiger partial charge in [-0.05, 0) is 36.6 Å². The summed E-state index contributed by atoms with van der Waals surface area (Å²) in [4.78, 5) is 24.8. The first-order chi connectivity index (χ1) is 12.4. The zero-order valence-corrected chi connectivity index (χ0v) is 15.7. The molecule has 0 radical (unpaired) electrons. The standard InChI is InChI=1S/C22H27NO3/c1-4-5-14-26-20(24)18-12-9-13-19(15-18)23-21(25)22(2,3)16-17-10-7-6-8-11-17/h6-13,15H,4-5,14,16H2,1-3H3,(H,23,25). The van der Waals surface area contributed by atoms with E-state index in [1.54, 1.807) is 24.3 Å². The van der Waals surface area contributed by atoms with Crippen LogP contribution < -0.4 is 5.32 Å². The van der Waals surface area contributed by atoms with Crippen molar-refractivity contribution in [1.29, 1.82) is 0 Å². The summed E-state index contributed by atoms with van der Waals surface area (Å²) in [7, 11) is 0. The second-order valence-electron chi connectivity index (χ2n) is 7.07. The predicted octanol–water partition coefficient (Wildman–Crippen LogP) is 4.85. The molecule has 2 aromatic carbocycles. The number of carbonyl (C=O) groups is 2. The summed E-state index contributed by atoms with van der Waals surface area (Å²) in [5.74, 6) is -0.448. The molecule has 1 amide bonds. The molecule has 26 heavy (non-hydrogen) atoms. The lowest BCUT2D eigenvalue weighted by atomic mass is 9.84. The van der Waals surface area contributed by atoms with Crippen molar-refractivity contribution < 1.29 is 14.3 Å². The van der Waals surface area contributed by atoms with Crippen LogP contribution in [0.15, 0.2) is 54.6 Å². The number of anilines is 1. The molecule has 138 valence electrons. The molecule has 1 N–H and O–H groups in total. The first kappa shape index (κ1) is 19.7. The maximum atomic E-state index is 12.7. The third-order valence-corrected chi connectivity index (χ3v) is 4.19. The molecule has 4 heteroatoms. The van der Waals surface area contributed by atoms with Crippen LogP contribution in [-0.2, 0) is 16.0 Å². The summed E-state index contributed by atoms with van der Waals surface area (Å²) in [6.07, 6.45) is 2.45. The van der Waals surface area contributed by atoms with E-state index in [9.17, 15) is 9.59 Å². The van der Waals surface area contributed by atoms with Crippen LogP contribution in [0.2, 0.25) is 0 Å². The van der Waals surface area contributed by atoms with Crippen molar-refractivity contribution in [2.75, 3.05) is 11.9 Å². The lowest BCUT2D eigenvalue weighted by Gasteiger charge is -2.24. The van der Waals surface area contributed by atoms with Crippen LogP contribution in [0.1, 0.15) is 49.5 Å². The summed E-state index contributed by atoms with van der Waals surface area (Å²) in [5.41, 5.74) is 1.58. The molecule has 2 aromatic rings. The number of hydrogen-bond acceptors (Lipinski definition) is 3. The van der Waals surface area contributed by atoms with Gasteiger partial charge in [0.25, 0.3) is 0 Å². The highest BCUT2D eigenvalue weighted by atomic mass is 16.5. The van der Waals surface area contributed by atoms with Crippen LogP contribution in [0.5, 0.6) is 0 Å². The van der Waals surface area contributed by atoms with Gasteiger partial charge in [0.15, 0.2) is 0 Å². The SMILES string of the molecule is CCCCOC(=O)c1cccc(NC(=O)C(C)(C)Cc2ccccc2)c1. The number of esters is 1. The first-order valence-electron chi connectivity index (χ1n) is 9.05. The molecule has 0 aromatic heterocycles. The van der Waals surface area contributed by atoms with Gasteiger partial charge in [-0.25, -0.2) is 4.79 Å². The van der Waals surface area contributed by atoms with Crippen molar-refractivity contribution in [2.45, 2.75) is 40.0 Å². The van der Waals surface area contributed by atoms with Crippen molar-refractivity contribution in [2.24, 2.45) is 5.41 Å². The van der Waals surface area contributed by atoms with Crippen molar-refractivity contribution in [3.63, 3.8) is 0 Å². The first-order valence-corrected chi connectivity index (χ1v) is 9.05. The van der Waals surface area contributed by atoms with Gasteiger partial charge in [-0.15, -0.1) is 0 Å². The molecule has 0 saturated carbocycles. The Labute approximate surface area is 155 Å². The van der Waals surface area contributed by atoms with E-state index in [1.165, 1.54) is 0 Å². The molecular formula is C22H27NO3. The van der Waals surface area contributed by atoms with E-state index in [0.717, 1.165) is 18.4 Å². The third kappa shape index (κ3) is 5.73. The minimum Gasteiger partial charge on any atom is -0.462 e. The van der Waals surface area contributed by atoms with Gasteiger partial charge in [0.1, 0.15) is 0 Å². The quantitative estimate of drug-likeness (QED) is 0.545. The van der Waals surface area contributed by atoms with Gasteiger partial charge in [0.2, 0.25) is 5.91 Å². The van der Waals surface area contributed by atoms with Gasteiger partial charge in [-0.1, -0.05) is 63.6 Å².